The van der Waals surface area contributed by atoms with Crippen LogP contribution >= 0.6 is 11.3 Å². The first-order chi connectivity index (χ1) is 14.3. The van der Waals surface area contributed by atoms with Gasteiger partial charge in [-0.15, -0.1) is 11.3 Å². The first-order valence-corrected chi connectivity index (χ1v) is 12.2. The number of fused-ring (bicyclic) bond motifs is 3. The summed E-state index contributed by atoms with van der Waals surface area (Å²) in [4.78, 5) is 39.6. The molecular weight excluding hydrogens is 396 g/mol. The third-order valence-electron chi connectivity index (χ3n) is 7.18. The number of rotatable bonds is 3. The molecule has 1 saturated heterocycles. The molecule has 0 unspecified atom stereocenters. The second-order valence-corrected chi connectivity index (χ2v) is 11.5. The molecule has 0 spiro atoms. The van der Waals surface area contributed by atoms with Gasteiger partial charge in [0.15, 0.2) is 0 Å². The highest BCUT2D eigenvalue weighted by atomic mass is 32.1. The van der Waals surface area contributed by atoms with Gasteiger partial charge in [0.25, 0.3) is 5.56 Å². The lowest BCUT2D eigenvalue weighted by Gasteiger charge is -2.34. The third-order valence-corrected chi connectivity index (χ3v) is 8.32. The van der Waals surface area contributed by atoms with Gasteiger partial charge in [0.05, 0.1) is 11.9 Å². The minimum Gasteiger partial charge on any atom is -0.340 e. The highest BCUT2D eigenvalue weighted by Gasteiger charge is 2.35. The number of amides is 1. The molecule has 3 heterocycles. The van der Waals surface area contributed by atoms with Crippen LogP contribution in [0.5, 0.6) is 0 Å². The highest BCUT2D eigenvalue weighted by Crippen LogP contribution is 2.42. The number of piperazine rings is 1. The summed E-state index contributed by atoms with van der Waals surface area (Å²) in [5.41, 5.74) is 1.55. The number of carbonyl (C=O) groups excluding carboxylic acids is 1. The topological polar surface area (TPSA) is 69.3 Å². The molecular formula is C23H32N4O2S. The van der Waals surface area contributed by atoms with E-state index in [0.29, 0.717) is 29.7 Å². The minimum absolute atomic E-state index is 0.0178. The Morgan fingerprint density at radius 3 is 2.57 bits per heavy atom. The predicted molar refractivity (Wildman–Crippen MR) is 120 cm³/mol. The fraction of sp³-hybridized carbons (Fsp3) is 0.696. The summed E-state index contributed by atoms with van der Waals surface area (Å²) < 4.78 is 0. The number of aromatic amines is 1. The molecule has 2 aliphatic carbocycles. The summed E-state index contributed by atoms with van der Waals surface area (Å²) in [5.74, 6) is 2.03. The van der Waals surface area contributed by atoms with E-state index >= 15 is 0 Å². The number of aryl methyl sites for hydroxylation is 1. The van der Waals surface area contributed by atoms with Crippen LogP contribution in [0.4, 0.5) is 0 Å². The summed E-state index contributed by atoms with van der Waals surface area (Å²) in [6.07, 6.45) is 5.31. The number of thiophene rings is 1. The maximum Gasteiger partial charge on any atom is 0.259 e. The minimum atomic E-state index is 0.0178. The smallest absolute Gasteiger partial charge is 0.259 e. The van der Waals surface area contributed by atoms with Crippen molar-refractivity contribution in [3.05, 3.63) is 26.6 Å². The molecule has 2 aromatic heterocycles. The first-order valence-electron chi connectivity index (χ1n) is 11.3. The normalized spacial score (nSPS) is 23.0. The SMILES string of the molecule is CC(C)(C)[C@@H]1CCc2c(sc3nc(CN4CCN(C(=O)C5CC5)CC4)[nH]c(=O)c23)C1. The van der Waals surface area contributed by atoms with Gasteiger partial charge in [-0.05, 0) is 49.0 Å². The van der Waals surface area contributed by atoms with Crippen molar-refractivity contribution in [3.63, 3.8) is 0 Å². The number of hydrogen-bond donors (Lipinski definition) is 1. The molecule has 7 heteroatoms. The second-order valence-electron chi connectivity index (χ2n) is 10.4. The molecule has 1 amide bonds. The van der Waals surface area contributed by atoms with Crippen LogP contribution < -0.4 is 5.56 Å². The largest absolute Gasteiger partial charge is 0.340 e. The summed E-state index contributed by atoms with van der Waals surface area (Å²) in [6.45, 7) is 10.8. The molecule has 1 aliphatic heterocycles. The van der Waals surface area contributed by atoms with E-state index < -0.39 is 0 Å². The lowest BCUT2D eigenvalue weighted by Crippen LogP contribution is -2.49. The zero-order valence-electron chi connectivity index (χ0n) is 18.3. The molecule has 0 aromatic carbocycles. The fourth-order valence-electron chi connectivity index (χ4n) is 4.97. The second kappa shape index (κ2) is 7.45. The van der Waals surface area contributed by atoms with Gasteiger partial charge in [0, 0.05) is 37.0 Å². The Kier molecular flexibility index (Phi) is 5.01. The van der Waals surface area contributed by atoms with E-state index in [-0.39, 0.29) is 5.56 Å². The number of hydrogen-bond acceptors (Lipinski definition) is 5. The van der Waals surface area contributed by atoms with Crippen molar-refractivity contribution in [2.45, 2.75) is 59.4 Å². The van der Waals surface area contributed by atoms with Crippen LogP contribution in [-0.2, 0) is 24.2 Å². The average Bonchev–Trinajstić information content (AvgIpc) is 3.47. The quantitative estimate of drug-likeness (QED) is 0.815. The lowest BCUT2D eigenvalue weighted by molar-refractivity contribution is -0.134. The summed E-state index contributed by atoms with van der Waals surface area (Å²) in [6, 6.07) is 0. The molecule has 3 aliphatic rings. The van der Waals surface area contributed by atoms with Crippen molar-refractivity contribution in [3.8, 4) is 0 Å². The van der Waals surface area contributed by atoms with Gasteiger partial charge in [-0.2, -0.15) is 0 Å². The number of aromatic nitrogens is 2. The maximum atomic E-state index is 12.9. The Balaban J connectivity index is 1.31. The van der Waals surface area contributed by atoms with Gasteiger partial charge in [0.1, 0.15) is 10.7 Å². The van der Waals surface area contributed by atoms with Crippen molar-refractivity contribution in [1.29, 1.82) is 0 Å². The van der Waals surface area contributed by atoms with E-state index in [2.05, 4.69) is 30.7 Å². The molecule has 30 heavy (non-hydrogen) atoms. The average molecular weight is 429 g/mol. The van der Waals surface area contributed by atoms with Crippen molar-refractivity contribution in [1.82, 2.24) is 19.8 Å². The molecule has 0 bridgehead atoms. The maximum absolute atomic E-state index is 12.9. The van der Waals surface area contributed by atoms with Crippen LogP contribution in [0.15, 0.2) is 4.79 Å². The van der Waals surface area contributed by atoms with Gasteiger partial charge < -0.3 is 9.88 Å². The van der Waals surface area contributed by atoms with E-state index in [1.165, 1.54) is 10.4 Å². The van der Waals surface area contributed by atoms with Gasteiger partial charge in [0.2, 0.25) is 5.91 Å². The monoisotopic (exact) mass is 428 g/mol. The summed E-state index contributed by atoms with van der Waals surface area (Å²) in [5, 5.41) is 0.825. The summed E-state index contributed by atoms with van der Waals surface area (Å²) >= 11 is 1.72. The van der Waals surface area contributed by atoms with Crippen LogP contribution in [0, 0.1) is 17.3 Å². The van der Waals surface area contributed by atoms with Gasteiger partial charge >= 0.3 is 0 Å². The molecule has 0 radical (unpaired) electrons. The number of nitrogens with zero attached hydrogens (tertiary/aromatic N) is 3. The third kappa shape index (κ3) is 3.82. The number of nitrogens with one attached hydrogen (secondary N) is 1. The van der Waals surface area contributed by atoms with E-state index in [4.69, 9.17) is 4.98 Å². The van der Waals surface area contributed by atoms with Crippen molar-refractivity contribution in [2.24, 2.45) is 17.3 Å². The predicted octanol–water partition coefficient (Wildman–Crippen LogP) is 3.19. The van der Waals surface area contributed by atoms with Gasteiger partial charge in [-0.1, -0.05) is 20.8 Å². The van der Waals surface area contributed by atoms with Crippen LogP contribution in [-0.4, -0.2) is 51.9 Å². The molecule has 2 fully saturated rings. The molecule has 2 aromatic rings. The Morgan fingerprint density at radius 1 is 1.17 bits per heavy atom. The molecule has 5 rings (SSSR count). The van der Waals surface area contributed by atoms with Crippen LogP contribution in [0.3, 0.4) is 0 Å². The first kappa shape index (κ1) is 20.2. The highest BCUT2D eigenvalue weighted by molar-refractivity contribution is 7.18. The van der Waals surface area contributed by atoms with Gasteiger partial charge in [-0.3, -0.25) is 14.5 Å². The fourth-order valence-corrected chi connectivity index (χ4v) is 6.29. The Labute approximate surface area is 181 Å². The molecule has 1 N–H and O–H groups in total. The lowest BCUT2D eigenvalue weighted by atomic mass is 9.72. The van der Waals surface area contributed by atoms with Crippen molar-refractivity contribution in [2.75, 3.05) is 26.2 Å². The molecule has 1 saturated carbocycles. The molecule has 1 atom stereocenters. The molecule has 6 nitrogen and oxygen atoms in total. The van der Waals surface area contributed by atoms with Gasteiger partial charge in [-0.25, -0.2) is 4.98 Å². The van der Waals surface area contributed by atoms with Crippen LogP contribution in [0.25, 0.3) is 10.2 Å². The number of carbonyl (C=O) groups is 1. The van der Waals surface area contributed by atoms with Crippen molar-refractivity contribution < 1.29 is 4.79 Å². The molecule has 162 valence electrons. The van der Waals surface area contributed by atoms with Crippen LogP contribution in [0.2, 0.25) is 0 Å². The van der Waals surface area contributed by atoms with E-state index in [0.717, 1.165) is 74.3 Å². The van der Waals surface area contributed by atoms with E-state index in [1.807, 2.05) is 4.90 Å². The Morgan fingerprint density at radius 2 is 1.90 bits per heavy atom. The standard InChI is InChI=1S/C23H32N4O2S/c1-23(2,3)15-6-7-16-17(12-15)30-21-19(16)20(28)24-18(25-21)13-26-8-10-27(11-9-26)22(29)14-4-5-14/h14-15H,4-13H2,1-3H3,(H,24,25,28)/t15-/m1/s1. The van der Waals surface area contributed by atoms with E-state index in [1.54, 1.807) is 11.3 Å². The van der Waals surface area contributed by atoms with Crippen LogP contribution in [0.1, 0.15) is 56.3 Å². The Hall–Kier alpha value is -1.73. The van der Waals surface area contributed by atoms with E-state index in [9.17, 15) is 9.59 Å². The summed E-state index contributed by atoms with van der Waals surface area (Å²) in [7, 11) is 0. The Bertz CT molecular complexity index is 1020. The van der Waals surface area contributed by atoms with Crippen molar-refractivity contribution >= 4 is 27.5 Å². The zero-order chi connectivity index (χ0) is 21.0. The zero-order valence-corrected chi connectivity index (χ0v) is 19.1. The number of H-pyrrole nitrogens is 1.